The van der Waals surface area contributed by atoms with E-state index in [2.05, 4.69) is 21.3 Å². The molecular formula is C27H31N5O7. The van der Waals surface area contributed by atoms with Gasteiger partial charge in [0.05, 0.1) is 23.2 Å². The van der Waals surface area contributed by atoms with Crippen molar-refractivity contribution in [3.63, 3.8) is 0 Å². The first-order valence-electron chi connectivity index (χ1n) is 12.2. The van der Waals surface area contributed by atoms with Crippen molar-refractivity contribution in [1.29, 1.82) is 0 Å². The van der Waals surface area contributed by atoms with Crippen LogP contribution in [0.25, 0.3) is 0 Å². The molecule has 39 heavy (non-hydrogen) atoms. The number of carbonyl (C=O) groups excluding carboxylic acids is 3. The van der Waals surface area contributed by atoms with Gasteiger partial charge in [0.1, 0.15) is 0 Å². The fraction of sp³-hybridized carbons (Fsp3) is 0.259. The van der Waals surface area contributed by atoms with E-state index in [4.69, 9.17) is 0 Å². The Labute approximate surface area is 224 Å². The average molecular weight is 538 g/mol. The third kappa shape index (κ3) is 6.93. The van der Waals surface area contributed by atoms with Crippen LogP contribution in [0.2, 0.25) is 0 Å². The number of aryl methyl sites for hydroxylation is 1. The van der Waals surface area contributed by atoms with E-state index < -0.39 is 40.5 Å². The van der Waals surface area contributed by atoms with Crippen LogP contribution < -0.4 is 26.8 Å². The minimum Gasteiger partial charge on any atom is -0.504 e. The highest BCUT2D eigenvalue weighted by atomic mass is 16.3. The van der Waals surface area contributed by atoms with Gasteiger partial charge in [-0.3, -0.25) is 19.2 Å². The molecule has 0 aliphatic carbocycles. The molecule has 12 nitrogen and oxygen atoms in total. The van der Waals surface area contributed by atoms with E-state index in [0.29, 0.717) is 18.8 Å². The number of hydrogen-bond acceptors (Lipinski definition) is 8. The zero-order valence-electron chi connectivity index (χ0n) is 21.6. The number of aromatic nitrogens is 1. The first-order chi connectivity index (χ1) is 18.6. The summed E-state index contributed by atoms with van der Waals surface area (Å²) in [5.74, 6) is -3.85. The quantitative estimate of drug-likeness (QED) is 0.136. The van der Waals surface area contributed by atoms with Crippen LogP contribution in [0.3, 0.4) is 0 Å². The van der Waals surface area contributed by atoms with Crippen LogP contribution in [0.4, 0.5) is 0 Å². The lowest BCUT2D eigenvalue weighted by molar-refractivity contribution is 0.0940. The average Bonchev–Trinajstić information content (AvgIpc) is 2.93. The number of phenols is 2. The Bertz CT molecular complexity index is 1420. The molecule has 7 N–H and O–H groups in total. The fourth-order valence-electron chi connectivity index (χ4n) is 3.82. The number of phenolic OH excluding ortho intramolecular Hbond substituents is 2. The largest absolute Gasteiger partial charge is 0.504 e. The molecule has 3 aromatic rings. The molecule has 0 atom stereocenters. The Kier molecular flexibility index (Phi) is 9.65. The van der Waals surface area contributed by atoms with Gasteiger partial charge in [-0.05, 0) is 30.7 Å². The van der Waals surface area contributed by atoms with Gasteiger partial charge in [-0.1, -0.05) is 30.3 Å². The maximum absolute atomic E-state index is 12.7. The van der Waals surface area contributed by atoms with Gasteiger partial charge in [0, 0.05) is 38.9 Å². The zero-order chi connectivity index (χ0) is 28.5. The molecule has 0 radical (unpaired) electrons. The molecule has 2 aromatic carbocycles. The van der Waals surface area contributed by atoms with Gasteiger partial charge in [-0.2, -0.15) is 0 Å². The maximum atomic E-state index is 12.7. The topological polar surface area (TPSA) is 182 Å². The first kappa shape index (κ1) is 28.7. The fourth-order valence-corrected chi connectivity index (χ4v) is 3.82. The van der Waals surface area contributed by atoms with Crippen LogP contribution in [0.1, 0.15) is 42.3 Å². The van der Waals surface area contributed by atoms with E-state index in [0.717, 1.165) is 5.56 Å². The molecule has 0 fully saturated rings. The lowest BCUT2D eigenvalue weighted by Gasteiger charge is -2.14. The van der Waals surface area contributed by atoms with Crippen LogP contribution in [0.15, 0.2) is 53.3 Å². The molecule has 0 aliphatic heterocycles. The molecule has 0 aliphatic rings. The van der Waals surface area contributed by atoms with Crippen molar-refractivity contribution in [2.45, 2.75) is 13.5 Å². The van der Waals surface area contributed by atoms with Crippen molar-refractivity contribution in [2.75, 3.05) is 33.2 Å². The Balaban J connectivity index is 1.45. The van der Waals surface area contributed by atoms with E-state index >= 15 is 0 Å². The minimum absolute atomic E-state index is 0.112. The Morgan fingerprint density at radius 2 is 1.28 bits per heavy atom. The first-order valence-corrected chi connectivity index (χ1v) is 12.2. The highest BCUT2D eigenvalue weighted by molar-refractivity contribution is 6.02. The number of nitrogens with zero attached hydrogens (tertiary/aromatic N) is 1. The molecule has 206 valence electrons. The predicted octanol–water partition coefficient (Wildman–Crippen LogP) is 0.431. The van der Waals surface area contributed by atoms with Crippen LogP contribution in [-0.4, -0.2) is 70.8 Å². The Morgan fingerprint density at radius 1 is 0.744 bits per heavy atom. The highest BCUT2D eigenvalue weighted by Gasteiger charge is 2.20. The van der Waals surface area contributed by atoms with Gasteiger partial charge in [0.2, 0.25) is 0 Å². The van der Waals surface area contributed by atoms with E-state index in [9.17, 15) is 34.5 Å². The van der Waals surface area contributed by atoms with Gasteiger partial charge in [0.15, 0.2) is 17.2 Å². The Morgan fingerprint density at radius 3 is 1.85 bits per heavy atom. The standard InChI is InChI=1S/C27H31N5O7/c1-16-14-20(23(35)27(39)32(16)15-17-6-4-3-5-7-17)26(38)31-13-11-29-10-12-30-25(37)19-9-8-18(24(36)28-2)21(33)22(19)34/h3-9,14,29,33-35H,10-13,15H2,1-2H3,(H,28,36)(H,30,37)(H,31,38). The van der Waals surface area contributed by atoms with Gasteiger partial charge in [-0.25, -0.2) is 0 Å². The second-order valence-electron chi connectivity index (χ2n) is 8.62. The van der Waals surface area contributed by atoms with Crippen LogP contribution >= 0.6 is 0 Å². The number of pyridine rings is 1. The summed E-state index contributed by atoms with van der Waals surface area (Å²) in [6, 6.07) is 13.2. The van der Waals surface area contributed by atoms with E-state index in [-0.39, 0.29) is 36.3 Å². The highest BCUT2D eigenvalue weighted by Crippen LogP contribution is 2.32. The molecule has 1 heterocycles. The van der Waals surface area contributed by atoms with Gasteiger partial charge in [0.25, 0.3) is 23.3 Å². The van der Waals surface area contributed by atoms with Crippen molar-refractivity contribution >= 4 is 17.7 Å². The molecule has 0 spiro atoms. The molecule has 0 saturated carbocycles. The number of benzene rings is 2. The third-order valence-corrected chi connectivity index (χ3v) is 5.95. The smallest absolute Gasteiger partial charge is 0.294 e. The second kappa shape index (κ2) is 13.1. The minimum atomic E-state index is -0.699. The lowest BCUT2D eigenvalue weighted by atomic mass is 10.1. The summed E-state index contributed by atoms with van der Waals surface area (Å²) >= 11 is 0. The maximum Gasteiger partial charge on any atom is 0.294 e. The summed E-state index contributed by atoms with van der Waals surface area (Å²) in [5.41, 5.74) is 0.305. The number of rotatable bonds is 11. The van der Waals surface area contributed by atoms with Gasteiger partial charge < -0.3 is 41.2 Å². The summed E-state index contributed by atoms with van der Waals surface area (Å²) in [6.45, 7) is 2.97. The Hall–Kier alpha value is -4.84. The van der Waals surface area contributed by atoms with Crippen molar-refractivity contribution in [3.05, 3.63) is 86.8 Å². The summed E-state index contributed by atoms with van der Waals surface area (Å²) in [6.07, 6.45) is 0. The zero-order valence-corrected chi connectivity index (χ0v) is 21.6. The van der Waals surface area contributed by atoms with Gasteiger partial charge >= 0.3 is 0 Å². The molecule has 0 unspecified atom stereocenters. The van der Waals surface area contributed by atoms with Gasteiger partial charge in [-0.15, -0.1) is 0 Å². The monoisotopic (exact) mass is 537 g/mol. The van der Waals surface area contributed by atoms with E-state index in [1.165, 1.54) is 29.8 Å². The third-order valence-electron chi connectivity index (χ3n) is 5.95. The van der Waals surface area contributed by atoms with E-state index in [1.54, 1.807) is 6.92 Å². The van der Waals surface area contributed by atoms with Crippen molar-refractivity contribution in [2.24, 2.45) is 0 Å². The number of aromatic hydroxyl groups is 3. The summed E-state index contributed by atoms with van der Waals surface area (Å²) in [5, 5.41) is 40.9. The van der Waals surface area contributed by atoms with Crippen LogP contribution in [0, 0.1) is 6.92 Å². The van der Waals surface area contributed by atoms with Crippen molar-refractivity contribution < 1.29 is 29.7 Å². The summed E-state index contributed by atoms with van der Waals surface area (Å²) in [4.78, 5) is 49.2. The SMILES string of the molecule is CNC(=O)c1ccc(C(=O)NCCNCCNC(=O)c2cc(C)n(Cc3ccccc3)c(=O)c2O)c(O)c1O. The van der Waals surface area contributed by atoms with Crippen molar-refractivity contribution in [3.8, 4) is 17.2 Å². The normalized spacial score (nSPS) is 10.6. The van der Waals surface area contributed by atoms with Crippen LogP contribution in [0.5, 0.6) is 17.2 Å². The molecule has 12 heteroatoms. The molecule has 3 amide bonds. The van der Waals surface area contributed by atoms with Crippen LogP contribution in [-0.2, 0) is 6.54 Å². The molecule has 0 bridgehead atoms. The number of carbonyl (C=O) groups is 3. The number of hydrogen-bond donors (Lipinski definition) is 7. The molecule has 0 saturated heterocycles. The molecular weight excluding hydrogens is 506 g/mol. The molecule has 1 aromatic heterocycles. The van der Waals surface area contributed by atoms with Crippen molar-refractivity contribution in [1.82, 2.24) is 25.8 Å². The number of nitrogens with one attached hydrogen (secondary N) is 4. The summed E-state index contributed by atoms with van der Waals surface area (Å²) < 4.78 is 1.40. The summed E-state index contributed by atoms with van der Waals surface area (Å²) in [7, 11) is 1.37. The second-order valence-corrected chi connectivity index (χ2v) is 8.62. The predicted molar refractivity (Wildman–Crippen MR) is 143 cm³/mol. The number of amides is 3. The molecule has 3 rings (SSSR count). The lowest BCUT2D eigenvalue weighted by Crippen LogP contribution is -2.37. The van der Waals surface area contributed by atoms with E-state index in [1.807, 2.05) is 30.3 Å².